The van der Waals surface area contributed by atoms with Gasteiger partial charge in [0.25, 0.3) is 5.91 Å². The average Bonchev–Trinajstić information content (AvgIpc) is 3.09. The third kappa shape index (κ3) is 4.82. The molecule has 1 heterocycles. The van der Waals surface area contributed by atoms with E-state index in [0.717, 1.165) is 5.56 Å². The zero-order valence-corrected chi connectivity index (χ0v) is 16.0. The minimum Gasteiger partial charge on any atom is -0.331 e. The van der Waals surface area contributed by atoms with E-state index in [0.29, 0.717) is 18.9 Å². The molecule has 1 aromatic heterocycles. The molecule has 6 heteroatoms. The van der Waals surface area contributed by atoms with E-state index in [1.54, 1.807) is 35.4 Å². The minimum atomic E-state index is -0.532. The largest absolute Gasteiger partial charge is 0.331 e. The van der Waals surface area contributed by atoms with Crippen molar-refractivity contribution >= 4 is 5.91 Å². The second-order valence-corrected chi connectivity index (χ2v) is 7.16. The Balaban J connectivity index is 1.82. The van der Waals surface area contributed by atoms with Crippen LogP contribution >= 0.6 is 0 Å². The number of amides is 1. The van der Waals surface area contributed by atoms with Crippen LogP contribution in [-0.2, 0) is 13.1 Å². The Bertz CT molecular complexity index is 935. The molecule has 0 spiro atoms. The molecule has 0 aliphatic rings. The van der Waals surface area contributed by atoms with Crippen molar-refractivity contribution in [1.82, 2.24) is 14.5 Å². The van der Waals surface area contributed by atoms with Crippen molar-refractivity contribution in [3.8, 4) is 0 Å². The van der Waals surface area contributed by atoms with Gasteiger partial charge in [-0.3, -0.25) is 4.79 Å². The van der Waals surface area contributed by atoms with Gasteiger partial charge in [0.1, 0.15) is 17.5 Å². The van der Waals surface area contributed by atoms with Crippen molar-refractivity contribution in [3.63, 3.8) is 0 Å². The van der Waals surface area contributed by atoms with Crippen LogP contribution in [-0.4, -0.2) is 26.9 Å². The van der Waals surface area contributed by atoms with Crippen LogP contribution in [0.25, 0.3) is 0 Å². The van der Waals surface area contributed by atoms with Gasteiger partial charge in [0.05, 0.1) is 12.1 Å². The van der Waals surface area contributed by atoms with Crippen molar-refractivity contribution in [2.24, 2.45) is 5.92 Å². The first-order chi connectivity index (χ1) is 13.4. The first-order valence-corrected chi connectivity index (χ1v) is 9.22. The molecule has 3 aromatic rings. The number of rotatable bonds is 7. The van der Waals surface area contributed by atoms with E-state index < -0.39 is 5.82 Å². The first-order valence-electron chi connectivity index (χ1n) is 9.22. The van der Waals surface area contributed by atoms with E-state index in [1.165, 1.54) is 24.3 Å². The third-order valence-corrected chi connectivity index (χ3v) is 4.38. The Morgan fingerprint density at radius 2 is 1.82 bits per heavy atom. The summed E-state index contributed by atoms with van der Waals surface area (Å²) in [5.74, 6) is -0.266. The highest BCUT2D eigenvalue weighted by Gasteiger charge is 2.21. The van der Waals surface area contributed by atoms with E-state index >= 15 is 0 Å². The summed E-state index contributed by atoms with van der Waals surface area (Å²) in [6.07, 6.45) is 3.49. The standard InChI is InChI=1S/C22H23F2N3O/c1-16(2)13-27(22(28)19-5-3-4-6-20(19)24)15-21-25-11-12-26(21)14-17-7-9-18(23)10-8-17/h3-12,16H,13-15H2,1-2H3. The lowest BCUT2D eigenvalue weighted by Gasteiger charge is -2.25. The molecule has 1 amide bonds. The van der Waals surface area contributed by atoms with Crippen LogP contribution in [0.4, 0.5) is 8.78 Å². The molecule has 28 heavy (non-hydrogen) atoms. The van der Waals surface area contributed by atoms with Gasteiger partial charge in [-0.25, -0.2) is 13.8 Å². The smallest absolute Gasteiger partial charge is 0.257 e. The lowest BCUT2D eigenvalue weighted by molar-refractivity contribution is 0.0711. The number of imidazole rings is 1. The maximum absolute atomic E-state index is 14.1. The first kappa shape index (κ1) is 19.7. The SMILES string of the molecule is CC(C)CN(Cc1nccn1Cc1ccc(F)cc1)C(=O)c1ccccc1F. The van der Waals surface area contributed by atoms with Gasteiger partial charge in [-0.15, -0.1) is 0 Å². The zero-order valence-electron chi connectivity index (χ0n) is 16.0. The number of halogens is 2. The quantitative estimate of drug-likeness (QED) is 0.602. The summed E-state index contributed by atoms with van der Waals surface area (Å²) in [6.45, 7) is 5.27. The molecule has 0 atom stereocenters. The van der Waals surface area contributed by atoms with Crippen LogP contribution in [0.3, 0.4) is 0 Å². The van der Waals surface area contributed by atoms with E-state index in [-0.39, 0.29) is 29.8 Å². The summed E-state index contributed by atoms with van der Waals surface area (Å²) >= 11 is 0. The number of carbonyl (C=O) groups excluding carboxylic acids is 1. The fourth-order valence-corrected chi connectivity index (χ4v) is 3.06. The van der Waals surface area contributed by atoms with Gasteiger partial charge in [0.2, 0.25) is 0 Å². The summed E-state index contributed by atoms with van der Waals surface area (Å²) in [6, 6.07) is 12.3. The monoisotopic (exact) mass is 383 g/mol. The van der Waals surface area contributed by atoms with Gasteiger partial charge >= 0.3 is 0 Å². The van der Waals surface area contributed by atoms with Gasteiger partial charge < -0.3 is 9.47 Å². The molecule has 0 N–H and O–H groups in total. The number of hydrogen-bond acceptors (Lipinski definition) is 2. The molecule has 3 rings (SSSR count). The van der Waals surface area contributed by atoms with E-state index in [9.17, 15) is 13.6 Å². The van der Waals surface area contributed by atoms with Crippen LogP contribution in [0.1, 0.15) is 35.6 Å². The average molecular weight is 383 g/mol. The predicted molar refractivity (Wildman–Crippen MR) is 104 cm³/mol. The summed E-state index contributed by atoms with van der Waals surface area (Å²) in [7, 11) is 0. The lowest BCUT2D eigenvalue weighted by Crippen LogP contribution is -2.35. The highest BCUT2D eigenvalue weighted by atomic mass is 19.1. The lowest BCUT2D eigenvalue weighted by atomic mass is 10.1. The van der Waals surface area contributed by atoms with Crippen molar-refractivity contribution < 1.29 is 13.6 Å². The number of carbonyl (C=O) groups is 1. The topological polar surface area (TPSA) is 38.1 Å². The minimum absolute atomic E-state index is 0.0554. The van der Waals surface area contributed by atoms with Crippen LogP contribution in [0.15, 0.2) is 60.9 Å². The Morgan fingerprint density at radius 1 is 1.11 bits per heavy atom. The Labute approximate surface area is 163 Å². The number of aromatic nitrogens is 2. The number of nitrogens with zero attached hydrogens (tertiary/aromatic N) is 3. The molecule has 0 saturated carbocycles. The molecular formula is C22H23F2N3O. The molecule has 0 aliphatic carbocycles. The van der Waals surface area contributed by atoms with E-state index in [1.807, 2.05) is 24.6 Å². The van der Waals surface area contributed by atoms with Gasteiger partial charge in [0, 0.05) is 25.5 Å². The van der Waals surface area contributed by atoms with Gasteiger partial charge in [-0.1, -0.05) is 38.1 Å². The second-order valence-electron chi connectivity index (χ2n) is 7.16. The summed E-state index contributed by atoms with van der Waals surface area (Å²) < 4.78 is 29.2. The molecule has 0 aliphatic heterocycles. The van der Waals surface area contributed by atoms with Crippen molar-refractivity contribution in [3.05, 3.63) is 89.5 Å². The molecule has 4 nitrogen and oxygen atoms in total. The molecule has 0 saturated heterocycles. The third-order valence-electron chi connectivity index (χ3n) is 4.38. The van der Waals surface area contributed by atoms with Crippen LogP contribution in [0.5, 0.6) is 0 Å². The molecule has 0 fully saturated rings. The highest BCUT2D eigenvalue weighted by Crippen LogP contribution is 2.15. The van der Waals surface area contributed by atoms with Crippen LogP contribution < -0.4 is 0 Å². The zero-order chi connectivity index (χ0) is 20.1. The molecule has 146 valence electrons. The molecule has 0 bridgehead atoms. The Hall–Kier alpha value is -3.02. The summed E-state index contributed by atoms with van der Waals surface area (Å²) in [5, 5.41) is 0. The van der Waals surface area contributed by atoms with Crippen LogP contribution in [0.2, 0.25) is 0 Å². The Morgan fingerprint density at radius 3 is 2.50 bits per heavy atom. The molecule has 2 aromatic carbocycles. The van der Waals surface area contributed by atoms with Crippen molar-refractivity contribution in [2.75, 3.05) is 6.54 Å². The number of hydrogen-bond donors (Lipinski definition) is 0. The predicted octanol–water partition coefficient (Wildman–Crippen LogP) is 4.51. The van der Waals surface area contributed by atoms with Crippen molar-refractivity contribution in [2.45, 2.75) is 26.9 Å². The molecule has 0 unspecified atom stereocenters. The van der Waals surface area contributed by atoms with Crippen LogP contribution in [0, 0.1) is 17.6 Å². The molecule has 0 radical (unpaired) electrons. The fourth-order valence-electron chi connectivity index (χ4n) is 3.06. The fraction of sp³-hybridized carbons (Fsp3) is 0.273. The van der Waals surface area contributed by atoms with E-state index in [2.05, 4.69) is 4.98 Å². The maximum Gasteiger partial charge on any atom is 0.257 e. The van der Waals surface area contributed by atoms with Gasteiger partial charge in [-0.2, -0.15) is 0 Å². The van der Waals surface area contributed by atoms with Crippen molar-refractivity contribution in [1.29, 1.82) is 0 Å². The summed E-state index contributed by atoms with van der Waals surface area (Å²) in [5.41, 5.74) is 0.983. The van der Waals surface area contributed by atoms with E-state index in [4.69, 9.17) is 0 Å². The second kappa shape index (κ2) is 8.78. The van der Waals surface area contributed by atoms with Gasteiger partial charge in [0.15, 0.2) is 0 Å². The number of benzene rings is 2. The Kier molecular flexibility index (Phi) is 6.19. The van der Waals surface area contributed by atoms with Gasteiger partial charge in [-0.05, 0) is 35.7 Å². The molecular weight excluding hydrogens is 360 g/mol. The summed E-state index contributed by atoms with van der Waals surface area (Å²) in [4.78, 5) is 18.9. The normalized spacial score (nSPS) is 11.0. The maximum atomic E-state index is 14.1. The highest BCUT2D eigenvalue weighted by molar-refractivity contribution is 5.94.